The largest absolute Gasteiger partial charge is 0.476 e. The van der Waals surface area contributed by atoms with Crippen LogP contribution in [0.3, 0.4) is 0 Å². The topological polar surface area (TPSA) is 98.7 Å². The fourth-order valence-electron chi connectivity index (χ4n) is 4.58. The number of carboxylic acids is 1. The van der Waals surface area contributed by atoms with Crippen LogP contribution in [0.2, 0.25) is 0 Å². The number of hydrogen-bond acceptors (Lipinski definition) is 4. The van der Waals surface area contributed by atoms with E-state index in [0.29, 0.717) is 17.0 Å². The van der Waals surface area contributed by atoms with Crippen LogP contribution in [0.15, 0.2) is 90.6 Å². The van der Waals surface area contributed by atoms with Gasteiger partial charge in [0.1, 0.15) is 0 Å². The van der Waals surface area contributed by atoms with Crippen LogP contribution in [0.4, 0.5) is 5.69 Å². The molecule has 2 aromatic carbocycles. The molecule has 4 N–H and O–H groups in total. The van der Waals surface area contributed by atoms with Crippen molar-refractivity contribution < 1.29 is 19.4 Å². The highest BCUT2D eigenvalue weighted by Crippen LogP contribution is 2.25. The Labute approximate surface area is 205 Å². The molecule has 0 radical (unpaired) electrons. The van der Waals surface area contributed by atoms with Gasteiger partial charge in [-0.25, -0.2) is 10.6 Å². The summed E-state index contributed by atoms with van der Waals surface area (Å²) in [6, 6.07) is 17.3. The minimum Gasteiger partial charge on any atom is -0.476 e. The number of carbonyl (C=O) groups excluding carboxylic acids is 1. The molecule has 2 aliphatic rings. The lowest BCUT2D eigenvalue weighted by molar-refractivity contribution is -0.529. The van der Waals surface area contributed by atoms with E-state index in [1.165, 1.54) is 10.2 Å². The maximum atomic E-state index is 13.4. The molecule has 2 aromatic rings. The second-order valence-electron chi connectivity index (χ2n) is 8.71. The number of nitrogens with zero attached hydrogens (tertiary/aromatic N) is 2. The summed E-state index contributed by atoms with van der Waals surface area (Å²) >= 11 is 0. The number of hydrogen-bond donors (Lipinski definition) is 3. The maximum absolute atomic E-state index is 13.4. The fraction of sp³-hybridized carbons (Fsp3) is 0.250. The predicted molar refractivity (Wildman–Crippen MR) is 137 cm³/mol. The molecule has 0 saturated carbocycles. The summed E-state index contributed by atoms with van der Waals surface area (Å²) in [5, 5.41) is 12.5. The van der Waals surface area contributed by atoms with Crippen LogP contribution >= 0.6 is 0 Å². The van der Waals surface area contributed by atoms with Gasteiger partial charge in [-0.3, -0.25) is 9.69 Å². The van der Waals surface area contributed by atoms with Crippen LogP contribution in [-0.4, -0.2) is 51.4 Å². The highest BCUT2D eigenvalue weighted by Gasteiger charge is 2.32. The zero-order valence-corrected chi connectivity index (χ0v) is 19.6. The van der Waals surface area contributed by atoms with E-state index in [2.05, 4.69) is 22.3 Å². The summed E-state index contributed by atoms with van der Waals surface area (Å²) < 4.78 is 1.22. The Morgan fingerprint density at radius 1 is 1.09 bits per heavy atom. The van der Waals surface area contributed by atoms with Crippen molar-refractivity contribution in [3.63, 3.8) is 0 Å². The van der Waals surface area contributed by atoms with Crippen LogP contribution in [0.5, 0.6) is 0 Å². The average molecular weight is 472 g/mol. The Morgan fingerprint density at radius 3 is 2.66 bits per heavy atom. The van der Waals surface area contributed by atoms with E-state index in [9.17, 15) is 14.7 Å². The number of hydrazone groups is 1. The second-order valence-corrected chi connectivity index (χ2v) is 8.71. The number of nitrogens with one attached hydrogen (secondary N) is 1. The van der Waals surface area contributed by atoms with Crippen molar-refractivity contribution in [2.75, 3.05) is 18.4 Å². The van der Waals surface area contributed by atoms with Gasteiger partial charge in [-0.2, -0.15) is 0 Å². The molecule has 0 unspecified atom stereocenters. The molecule has 180 valence electrons. The molecule has 0 bridgehead atoms. The monoisotopic (exact) mass is 471 g/mol. The number of anilines is 1. The number of carboxylic acid groups (broad SMARTS) is 1. The first-order chi connectivity index (χ1) is 17.0. The molecular weight excluding hydrogens is 440 g/mol. The number of carbonyl (C=O) groups is 2. The highest BCUT2D eigenvalue weighted by molar-refractivity contribution is 6.16. The van der Waals surface area contributed by atoms with Crippen LogP contribution < -0.4 is 11.2 Å². The van der Waals surface area contributed by atoms with Gasteiger partial charge in [0.05, 0.1) is 17.3 Å². The van der Waals surface area contributed by atoms with Gasteiger partial charge in [0.25, 0.3) is 6.54 Å². The summed E-state index contributed by atoms with van der Waals surface area (Å²) in [4.78, 5) is 27.1. The Hall–Kier alpha value is -3.97. The summed E-state index contributed by atoms with van der Waals surface area (Å²) in [5.74, 6) is 5.15. The number of hydrazine groups is 1. The summed E-state index contributed by atoms with van der Waals surface area (Å²) in [5.41, 5.74) is 3.76. The Bertz CT molecular complexity index is 1200. The van der Waals surface area contributed by atoms with Crippen molar-refractivity contribution in [3.8, 4) is 0 Å². The van der Waals surface area contributed by atoms with Gasteiger partial charge in [-0.1, -0.05) is 66.8 Å². The fourth-order valence-corrected chi connectivity index (χ4v) is 4.58. The molecule has 1 aliphatic carbocycles. The van der Waals surface area contributed by atoms with E-state index in [-0.39, 0.29) is 18.5 Å². The van der Waals surface area contributed by atoms with Crippen LogP contribution in [0.25, 0.3) is 0 Å². The summed E-state index contributed by atoms with van der Waals surface area (Å²) in [6.45, 7) is 1.21. The lowest BCUT2D eigenvalue weighted by Gasteiger charge is -2.24. The zero-order chi connectivity index (χ0) is 24.6. The smallest absolute Gasteiger partial charge is 0.372 e. The number of para-hydroxylation sites is 1. The molecular formula is C28H31N4O3+. The molecule has 1 aliphatic heterocycles. The van der Waals surface area contributed by atoms with E-state index in [0.717, 1.165) is 37.9 Å². The Balaban J connectivity index is 1.63. The number of nitrogens with two attached hydrogens (primary N) is 1. The molecule has 7 nitrogen and oxygen atoms in total. The normalized spacial score (nSPS) is 18.5. The van der Waals surface area contributed by atoms with E-state index < -0.39 is 5.97 Å². The van der Waals surface area contributed by atoms with Gasteiger partial charge in [0, 0.05) is 12.1 Å². The van der Waals surface area contributed by atoms with Crippen molar-refractivity contribution in [2.45, 2.75) is 31.8 Å². The van der Waals surface area contributed by atoms with E-state index >= 15 is 0 Å². The second kappa shape index (κ2) is 11.4. The number of aliphatic carboxylic acids is 1. The highest BCUT2D eigenvalue weighted by atomic mass is 16.4. The van der Waals surface area contributed by atoms with E-state index in [4.69, 9.17) is 5.84 Å². The Morgan fingerprint density at radius 2 is 1.86 bits per heavy atom. The quantitative estimate of drug-likeness (QED) is 0.237. The first-order valence-electron chi connectivity index (χ1n) is 11.9. The maximum Gasteiger partial charge on any atom is 0.372 e. The predicted octanol–water partition coefficient (Wildman–Crippen LogP) is 3.49. The first-order valence-corrected chi connectivity index (χ1v) is 11.9. The van der Waals surface area contributed by atoms with Crippen molar-refractivity contribution in [3.05, 3.63) is 102 Å². The van der Waals surface area contributed by atoms with Gasteiger partial charge < -0.3 is 10.4 Å². The number of amides is 1. The SMILES string of the molecule is N/[N+](CC(=O)O)=C(/C1=CC=CCC=C1)c1ccccc1NC(=O)[C@@H]1CCCN1Cc1ccccc1. The molecule has 35 heavy (non-hydrogen) atoms. The van der Waals surface area contributed by atoms with Gasteiger partial charge in [-0.05, 0) is 49.6 Å². The van der Waals surface area contributed by atoms with Crippen molar-refractivity contribution >= 4 is 23.3 Å². The molecule has 1 saturated heterocycles. The zero-order valence-electron chi connectivity index (χ0n) is 19.6. The van der Waals surface area contributed by atoms with Crippen molar-refractivity contribution in [1.82, 2.24) is 4.90 Å². The first kappa shape index (κ1) is 24.2. The standard InChI is InChI=1S/C28H30N4O3/c29-32(20-26(33)34)27(22-13-6-1-2-7-14-22)23-15-8-9-16-24(23)30-28(35)25-17-10-18-31(25)19-21-11-4-3-5-12-21/h1,3-9,11-16,25H,2,10,17-20,29H2,(H,33,34)/p+1/t25-/m0/s1. The summed E-state index contributed by atoms with van der Waals surface area (Å²) in [7, 11) is 0. The number of allylic oxidation sites excluding steroid dienone is 6. The van der Waals surface area contributed by atoms with E-state index in [1.807, 2.05) is 72.8 Å². The number of rotatable bonds is 8. The van der Waals surface area contributed by atoms with E-state index in [1.54, 1.807) is 0 Å². The van der Waals surface area contributed by atoms with Gasteiger partial charge >= 0.3 is 5.97 Å². The molecule has 4 rings (SSSR count). The number of likely N-dealkylation sites (tertiary alicyclic amines) is 1. The summed E-state index contributed by atoms with van der Waals surface area (Å²) in [6.07, 6.45) is 12.3. The van der Waals surface area contributed by atoms with Gasteiger partial charge in [0.15, 0.2) is 0 Å². The number of benzene rings is 2. The minimum absolute atomic E-state index is 0.0719. The molecule has 0 aromatic heterocycles. The average Bonchev–Trinajstić information content (AvgIpc) is 3.14. The Kier molecular flexibility index (Phi) is 7.90. The van der Waals surface area contributed by atoms with Crippen molar-refractivity contribution in [2.24, 2.45) is 5.84 Å². The molecule has 1 heterocycles. The van der Waals surface area contributed by atoms with Crippen LogP contribution in [0.1, 0.15) is 30.4 Å². The third kappa shape index (κ3) is 6.13. The third-order valence-corrected chi connectivity index (χ3v) is 6.18. The molecule has 1 amide bonds. The van der Waals surface area contributed by atoms with Gasteiger partial charge in [0.2, 0.25) is 11.6 Å². The lowest BCUT2D eigenvalue weighted by atomic mass is 9.99. The lowest BCUT2D eigenvalue weighted by Crippen LogP contribution is -2.40. The molecule has 0 spiro atoms. The van der Waals surface area contributed by atoms with Crippen LogP contribution in [0, 0.1) is 0 Å². The third-order valence-electron chi connectivity index (χ3n) is 6.18. The molecule has 7 heteroatoms. The van der Waals surface area contributed by atoms with Crippen molar-refractivity contribution in [1.29, 1.82) is 0 Å². The molecule has 1 atom stereocenters. The molecule has 1 fully saturated rings. The van der Waals surface area contributed by atoms with Crippen LogP contribution in [-0.2, 0) is 16.1 Å². The van der Waals surface area contributed by atoms with Gasteiger partial charge in [-0.15, -0.1) is 4.68 Å². The minimum atomic E-state index is -1.04.